The molecule has 9 heteroatoms. The fourth-order valence-corrected chi connectivity index (χ4v) is 11.3. The molecule has 4 rings (SSSR count). The summed E-state index contributed by atoms with van der Waals surface area (Å²) in [7, 11) is 0. The van der Waals surface area contributed by atoms with E-state index in [9.17, 15) is 0 Å². The summed E-state index contributed by atoms with van der Waals surface area (Å²) in [5.41, 5.74) is 3.33. The molecule has 3 atom stereocenters. The average Bonchev–Trinajstić information content (AvgIpc) is 4.27. The molecule has 0 bridgehead atoms. The number of nitrogens with one attached hydrogen (secondary N) is 1. The van der Waals surface area contributed by atoms with E-state index in [2.05, 4.69) is 5.53 Å². The zero-order valence-corrected chi connectivity index (χ0v) is 49.8. The van der Waals surface area contributed by atoms with E-state index in [1.54, 1.807) is 5.17 Å². The van der Waals surface area contributed by atoms with Gasteiger partial charge in [-0.1, -0.05) is 313 Å². The second-order valence-electron chi connectivity index (χ2n) is 24.3. The van der Waals surface area contributed by atoms with Crippen LogP contribution in [0.25, 0.3) is 0 Å². The molecular formula is C66H127N3O6. The Morgan fingerprint density at radius 3 is 0.800 bits per heavy atom. The van der Waals surface area contributed by atoms with E-state index in [0.29, 0.717) is 31.5 Å². The highest BCUT2D eigenvalue weighted by atomic mass is 16.8. The summed E-state index contributed by atoms with van der Waals surface area (Å²) < 4.78 is 22.3. The normalized spacial score (nSPS) is 18.3. The highest BCUT2D eigenvalue weighted by Crippen LogP contribution is 2.23. The summed E-state index contributed by atoms with van der Waals surface area (Å²) in [5.74, 6) is 0.922. The van der Waals surface area contributed by atoms with Crippen molar-refractivity contribution in [3.05, 3.63) is 12.0 Å². The SMILES string of the molecule is C1=C(OCCCCCCCCCCCCCCCCCCCC2CO2)CN(OCCCCCCCCCCCCCCCCCCCC2CO2)NN1OCCCCCCCCCCCCCCCCCCCC1CO1. The van der Waals surface area contributed by atoms with Crippen molar-refractivity contribution in [2.75, 3.05) is 46.2 Å². The molecule has 0 aromatic rings. The van der Waals surface area contributed by atoms with E-state index in [-0.39, 0.29) is 0 Å². The maximum absolute atomic E-state index is 6.35. The molecule has 75 heavy (non-hydrogen) atoms. The van der Waals surface area contributed by atoms with Crippen molar-refractivity contribution in [2.24, 2.45) is 0 Å². The minimum Gasteiger partial charge on any atom is -0.495 e. The van der Waals surface area contributed by atoms with Gasteiger partial charge in [0.25, 0.3) is 0 Å². The van der Waals surface area contributed by atoms with E-state index < -0.39 is 0 Å². The lowest BCUT2D eigenvalue weighted by molar-refractivity contribution is -0.306. The van der Waals surface area contributed by atoms with E-state index >= 15 is 0 Å². The molecule has 4 aliphatic heterocycles. The summed E-state index contributed by atoms with van der Waals surface area (Å²) in [6, 6.07) is 0. The van der Waals surface area contributed by atoms with Crippen LogP contribution >= 0.6 is 0 Å². The standard InChI is InChI=1S/C66H127N3O6/c1(4-10-16-22-28-34-40-46-52-63-60-71-63)7-13-19-25-31-37-43-49-55-70-66-58-68(74-56-50-44-38-32-26-20-14-8-2-5-11-17-23-29-35-41-47-53-64-61-72-64)67-69(59-66)75-57-51-45-39-33-27-21-15-9-3-6-12-18-24-30-36-42-48-54-65-62-73-65/h58,63-65,67H,1-57,59-62H2. The molecule has 9 nitrogen and oxygen atoms in total. The first kappa shape index (κ1) is 66.6. The number of hydrazine groups is 2. The Labute approximate surface area is 465 Å². The van der Waals surface area contributed by atoms with Crippen LogP contribution in [0.1, 0.15) is 347 Å². The average molecular weight is 1060 g/mol. The topological polar surface area (TPSA) is 83.8 Å². The maximum atomic E-state index is 6.35. The number of nitrogens with zero attached hydrogens (tertiary/aromatic N) is 2. The summed E-state index contributed by atoms with van der Waals surface area (Å²) in [6.07, 6.45) is 78.2. The first-order valence-electron chi connectivity index (χ1n) is 34.1. The van der Waals surface area contributed by atoms with Crippen molar-refractivity contribution in [3.63, 3.8) is 0 Å². The Bertz CT molecular complexity index is 1210. The van der Waals surface area contributed by atoms with Gasteiger partial charge in [-0.3, -0.25) is 9.68 Å². The molecule has 0 aliphatic carbocycles. The van der Waals surface area contributed by atoms with Crippen LogP contribution in [-0.2, 0) is 28.6 Å². The van der Waals surface area contributed by atoms with Crippen LogP contribution in [0.2, 0.25) is 0 Å². The molecule has 4 heterocycles. The summed E-state index contributed by atoms with van der Waals surface area (Å²) in [6.45, 7) is 5.87. The molecule has 3 fully saturated rings. The third-order valence-electron chi connectivity index (χ3n) is 16.8. The molecule has 4 aliphatic rings. The third kappa shape index (κ3) is 46.5. The lowest BCUT2D eigenvalue weighted by Gasteiger charge is -2.33. The second kappa shape index (κ2) is 51.2. The van der Waals surface area contributed by atoms with Gasteiger partial charge in [-0.2, -0.15) is 5.17 Å². The Kier molecular flexibility index (Phi) is 45.5. The van der Waals surface area contributed by atoms with Gasteiger partial charge in [-0.25, -0.2) is 0 Å². The maximum Gasteiger partial charge on any atom is 0.134 e. The van der Waals surface area contributed by atoms with E-state index in [1.165, 1.54) is 327 Å². The number of ether oxygens (including phenoxy) is 4. The molecule has 0 spiro atoms. The van der Waals surface area contributed by atoms with Gasteiger partial charge < -0.3 is 18.9 Å². The van der Waals surface area contributed by atoms with Crippen molar-refractivity contribution < 1.29 is 28.6 Å². The molecule has 0 aromatic carbocycles. The minimum atomic E-state index is 0.602. The predicted octanol–water partition coefficient (Wildman–Crippen LogP) is 20.0. The number of rotatable bonds is 63. The lowest BCUT2D eigenvalue weighted by Crippen LogP contribution is -2.51. The molecule has 3 saturated heterocycles. The lowest BCUT2D eigenvalue weighted by atomic mass is 10.0. The molecule has 442 valence electrons. The van der Waals surface area contributed by atoms with Gasteiger partial charge in [0.15, 0.2) is 0 Å². The summed E-state index contributed by atoms with van der Waals surface area (Å²) in [5, 5.41) is 3.56. The summed E-state index contributed by atoms with van der Waals surface area (Å²) in [4.78, 5) is 12.5. The zero-order valence-electron chi connectivity index (χ0n) is 49.8. The highest BCUT2D eigenvalue weighted by molar-refractivity contribution is 4.94. The monoisotopic (exact) mass is 1060 g/mol. The second-order valence-corrected chi connectivity index (χ2v) is 24.3. The van der Waals surface area contributed by atoms with Crippen molar-refractivity contribution in [2.45, 2.75) is 365 Å². The van der Waals surface area contributed by atoms with Crippen LogP contribution in [0, 0.1) is 0 Å². The Balaban J connectivity index is 0.931. The van der Waals surface area contributed by atoms with Crippen LogP contribution in [-0.4, -0.2) is 74.8 Å². The first-order chi connectivity index (χ1) is 37.3. The minimum absolute atomic E-state index is 0.602. The first-order valence-corrected chi connectivity index (χ1v) is 34.1. The van der Waals surface area contributed by atoms with E-state index in [0.717, 1.165) is 58.1 Å². The molecule has 0 amide bonds. The van der Waals surface area contributed by atoms with Crippen LogP contribution < -0.4 is 5.53 Å². The van der Waals surface area contributed by atoms with Gasteiger partial charge in [0.2, 0.25) is 0 Å². The van der Waals surface area contributed by atoms with Gasteiger partial charge in [0.1, 0.15) is 12.3 Å². The van der Waals surface area contributed by atoms with Crippen LogP contribution in [0.3, 0.4) is 0 Å². The molecule has 1 N–H and O–H groups in total. The summed E-state index contributed by atoms with van der Waals surface area (Å²) >= 11 is 0. The van der Waals surface area contributed by atoms with Crippen molar-refractivity contribution in [3.8, 4) is 0 Å². The fourth-order valence-electron chi connectivity index (χ4n) is 11.3. The van der Waals surface area contributed by atoms with Gasteiger partial charge in [-0.15, -0.1) is 5.53 Å². The fraction of sp³-hybridized carbons (Fsp3) is 0.970. The number of hydrogen-bond acceptors (Lipinski definition) is 9. The highest BCUT2D eigenvalue weighted by Gasteiger charge is 2.23. The third-order valence-corrected chi connectivity index (χ3v) is 16.8. The Hall–Kier alpha value is -0.940. The van der Waals surface area contributed by atoms with Crippen molar-refractivity contribution >= 4 is 0 Å². The van der Waals surface area contributed by atoms with E-state index in [4.69, 9.17) is 28.6 Å². The van der Waals surface area contributed by atoms with E-state index in [1.807, 2.05) is 11.4 Å². The zero-order chi connectivity index (χ0) is 52.3. The molecule has 0 radical (unpaired) electrons. The van der Waals surface area contributed by atoms with Gasteiger partial charge in [0.05, 0.1) is 64.2 Å². The van der Waals surface area contributed by atoms with Gasteiger partial charge in [-0.05, 0) is 38.5 Å². The predicted molar refractivity (Wildman–Crippen MR) is 316 cm³/mol. The van der Waals surface area contributed by atoms with Crippen LogP contribution in [0.5, 0.6) is 0 Å². The van der Waals surface area contributed by atoms with Gasteiger partial charge in [0, 0.05) is 0 Å². The van der Waals surface area contributed by atoms with Crippen LogP contribution in [0.4, 0.5) is 0 Å². The molecule has 3 unspecified atom stereocenters. The number of unbranched alkanes of at least 4 members (excludes halogenated alkanes) is 48. The largest absolute Gasteiger partial charge is 0.495 e. The smallest absolute Gasteiger partial charge is 0.134 e. The number of hydroxylamine groups is 2. The van der Waals surface area contributed by atoms with Gasteiger partial charge >= 0.3 is 0 Å². The number of epoxide rings is 3. The Morgan fingerprint density at radius 1 is 0.307 bits per heavy atom. The quantitative estimate of drug-likeness (QED) is 0.0473. The van der Waals surface area contributed by atoms with Crippen LogP contribution in [0.15, 0.2) is 12.0 Å². The van der Waals surface area contributed by atoms with Crippen molar-refractivity contribution in [1.82, 2.24) is 15.9 Å². The van der Waals surface area contributed by atoms with Crippen molar-refractivity contribution in [1.29, 1.82) is 0 Å². The molecular weight excluding hydrogens is 931 g/mol. The number of hydrogen-bond donors (Lipinski definition) is 1. The Morgan fingerprint density at radius 2 is 0.533 bits per heavy atom. The molecule has 0 aromatic heterocycles. The molecule has 0 saturated carbocycles.